The predicted octanol–water partition coefficient (Wildman–Crippen LogP) is 1.60. The van der Waals surface area contributed by atoms with E-state index in [0.717, 1.165) is 5.56 Å². The van der Waals surface area contributed by atoms with Crippen molar-refractivity contribution in [1.82, 2.24) is 0 Å². The summed E-state index contributed by atoms with van der Waals surface area (Å²) in [4.78, 5) is 0. The highest BCUT2D eigenvalue weighted by Gasteiger charge is 1.91. The second-order valence-corrected chi connectivity index (χ2v) is 2.70. The van der Waals surface area contributed by atoms with E-state index in [9.17, 15) is 0 Å². The van der Waals surface area contributed by atoms with Gasteiger partial charge >= 0.3 is 0 Å². The lowest BCUT2D eigenvalue weighted by Crippen LogP contribution is -1.88. The first-order valence-electron chi connectivity index (χ1n) is 3.54. The first-order valence-corrected chi connectivity index (χ1v) is 3.54. The fourth-order valence-corrected chi connectivity index (χ4v) is 1.17. The van der Waals surface area contributed by atoms with Gasteiger partial charge in [-0.05, 0) is 19.4 Å². The zero-order valence-electron chi connectivity index (χ0n) is 6.83. The van der Waals surface area contributed by atoms with Crippen LogP contribution in [0, 0.1) is 13.8 Å². The summed E-state index contributed by atoms with van der Waals surface area (Å²) in [5, 5.41) is 3.46. The van der Waals surface area contributed by atoms with Crippen molar-refractivity contribution in [2.75, 3.05) is 0 Å². The Balaban J connectivity index is 3.08. The fourth-order valence-electron chi connectivity index (χ4n) is 1.17. The average Bonchev–Trinajstić information content (AvgIpc) is 1.85. The quantitative estimate of drug-likeness (QED) is 0.366. The highest BCUT2D eigenvalue weighted by molar-refractivity contribution is 5.79. The van der Waals surface area contributed by atoms with Crippen molar-refractivity contribution in [2.45, 2.75) is 13.8 Å². The summed E-state index contributed by atoms with van der Waals surface area (Å²) in [5.74, 6) is 5.03. The first kappa shape index (κ1) is 7.79. The van der Waals surface area contributed by atoms with Gasteiger partial charge in [0, 0.05) is 0 Å². The molecule has 0 aliphatic heterocycles. The van der Waals surface area contributed by atoms with Gasteiger partial charge in [-0.2, -0.15) is 5.10 Å². The molecule has 0 saturated carbocycles. The van der Waals surface area contributed by atoms with E-state index in [4.69, 9.17) is 5.84 Å². The zero-order valence-corrected chi connectivity index (χ0v) is 6.83. The van der Waals surface area contributed by atoms with Gasteiger partial charge in [-0.1, -0.05) is 29.3 Å². The van der Waals surface area contributed by atoms with Crippen LogP contribution in [-0.4, -0.2) is 6.21 Å². The zero-order chi connectivity index (χ0) is 8.27. The van der Waals surface area contributed by atoms with Crippen LogP contribution in [0.1, 0.15) is 16.7 Å². The van der Waals surface area contributed by atoms with Crippen LogP contribution in [-0.2, 0) is 0 Å². The minimum absolute atomic E-state index is 1.06. The lowest BCUT2D eigenvalue weighted by Gasteiger charge is -1.97. The summed E-state index contributed by atoms with van der Waals surface area (Å²) in [6.07, 6.45) is 1.65. The van der Waals surface area contributed by atoms with Crippen molar-refractivity contribution in [1.29, 1.82) is 0 Å². The third-order valence-electron chi connectivity index (χ3n) is 1.47. The molecule has 0 atom stereocenters. The van der Waals surface area contributed by atoms with Crippen LogP contribution in [0.2, 0.25) is 0 Å². The maximum atomic E-state index is 5.03. The molecule has 2 nitrogen and oxygen atoms in total. The van der Waals surface area contributed by atoms with Crippen LogP contribution >= 0.6 is 0 Å². The van der Waals surface area contributed by atoms with E-state index in [0.29, 0.717) is 0 Å². The first-order chi connectivity index (χ1) is 5.22. The SMILES string of the molecule is Cc1cc(C)cc(C=NN)c1. The lowest BCUT2D eigenvalue weighted by atomic mass is 10.1. The molecule has 0 heterocycles. The van der Waals surface area contributed by atoms with E-state index >= 15 is 0 Å². The van der Waals surface area contributed by atoms with Crippen LogP contribution in [0.3, 0.4) is 0 Å². The molecule has 0 aliphatic carbocycles. The number of nitrogens with two attached hydrogens (primary N) is 1. The number of hydrogen-bond acceptors (Lipinski definition) is 2. The molecule has 1 aromatic carbocycles. The molecule has 1 aromatic rings. The molecule has 0 amide bonds. The van der Waals surface area contributed by atoms with E-state index in [2.05, 4.69) is 25.0 Å². The second-order valence-electron chi connectivity index (χ2n) is 2.70. The minimum atomic E-state index is 1.06. The fraction of sp³-hybridized carbons (Fsp3) is 0.222. The van der Waals surface area contributed by atoms with Gasteiger partial charge in [0.05, 0.1) is 6.21 Å². The summed E-state index contributed by atoms with van der Waals surface area (Å²) < 4.78 is 0. The smallest absolute Gasteiger partial charge is 0.0538 e. The van der Waals surface area contributed by atoms with Gasteiger partial charge in [0.1, 0.15) is 0 Å². The number of aryl methyl sites for hydroxylation is 2. The molecule has 0 saturated heterocycles. The van der Waals surface area contributed by atoms with Gasteiger partial charge in [-0.3, -0.25) is 0 Å². The highest BCUT2D eigenvalue weighted by Crippen LogP contribution is 2.06. The molecule has 1 rings (SSSR count). The Kier molecular flexibility index (Phi) is 2.26. The molecule has 0 radical (unpaired) electrons. The molecule has 0 fully saturated rings. The summed E-state index contributed by atoms with van der Waals surface area (Å²) in [5.41, 5.74) is 3.53. The highest BCUT2D eigenvalue weighted by atomic mass is 15.1. The van der Waals surface area contributed by atoms with Crippen molar-refractivity contribution in [3.05, 3.63) is 34.9 Å². The molecule has 11 heavy (non-hydrogen) atoms. The molecule has 0 bridgehead atoms. The van der Waals surface area contributed by atoms with Gasteiger partial charge < -0.3 is 5.84 Å². The van der Waals surface area contributed by atoms with Gasteiger partial charge in [0.25, 0.3) is 0 Å². The Labute approximate surface area is 66.7 Å². The number of nitrogens with zero attached hydrogens (tertiary/aromatic N) is 1. The van der Waals surface area contributed by atoms with E-state index in [1.165, 1.54) is 11.1 Å². The van der Waals surface area contributed by atoms with E-state index in [1.807, 2.05) is 12.1 Å². The maximum absolute atomic E-state index is 5.03. The van der Waals surface area contributed by atoms with Crippen LogP contribution in [0.5, 0.6) is 0 Å². The summed E-state index contributed by atoms with van der Waals surface area (Å²) in [7, 11) is 0. The Morgan fingerprint density at radius 2 is 1.73 bits per heavy atom. The van der Waals surface area contributed by atoms with Crippen LogP contribution < -0.4 is 5.84 Å². The third kappa shape index (κ3) is 2.08. The van der Waals surface area contributed by atoms with Gasteiger partial charge in [-0.15, -0.1) is 0 Å². The molecular formula is C9H12N2. The topological polar surface area (TPSA) is 38.4 Å². The number of benzene rings is 1. The van der Waals surface area contributed by atoms with Crippen molar-refractivity contribution < 1.29 is 0 Å². The predicted molar refractivity (Wildman–Crippen MR) is 47.7 cm³/mol. The summed E-state index contributed by atoms with van der Waals surface area (Å²) >= 11 is 0. The molecule has 2 N–H and O–H groups in total. The van der Waals surface area contributed by atoms with E-state index in [-0.39, 0.29) is 0 Å². The van der Waals surface area contributed by atoms with Gasteiger partial charge in [0.15, 0.2) is 0 Å². The largest absolute Gasteiger partial charge is 0.323 e. The molecule has 0 aliphatic rings. The summed E-state index contributed by atoms with van der Waals surface area (Å²) in [6.45, 7) is 4.11. The average molecular weight is 148 g/mol. The monoisotopic (exact) mass is 148 g/mol. The molecule has 0 aromatic heterocycles. The number of rotatable bonds is 1. The Morgan fingerprint density at radius 3 is 2.18 bits per heavy atom. The molecular weight excluding hydrogens is 136 g/mol. The third-order valence-corrected chi connectivity index (χ3v) is 1.47. The lowest BCUT2D eigenvalue weighted by molar-refractivity contribution is 1.26. The Bertz CT molecular complexity index is 257. The van der Waals surface area contributed by atoms with Crippen molar-refractivity contribution in [2.24, 2.45) is 10.9 Å². The van der Waals surface area contributed by atoms with E-state index < -0.39 is 0 Å². The molecule has 2 heteroatoms. The molecule has 0 spiro atoms. The number of hydrazone groups is 1. The minimum Gasteiger partial charge on any atom is -0.323 e. The standard InChI is InChI=1S/C9H12N2/c1-7-3-8(2)5-9(4-7)6-11-10/h3-6H,10H2,1-2H3. The van der Waals surface area contributed by atoms with Crippen molar-refractivity contribution in [3.8, 4) is 0 Å². The van der Waals surface area contributed by atoms with Crippen LogP contribution in [0.4, 0.5) is 0 Å². The normalized spacial score (nSPS) is 10.7. The Hall–Kier alpha value is -1.31. The van der Waals surface area contributed by atoms with E-state index in [1.54, 1.807) is 6.21 Å². The van der Waals surface area contributed by atoms with Gasteiger partial charge in [0.2, 0.25) is 0 Å². The Morgan fingerprint density at radius 1 is 1.18 bits per heavy atom. The van der Waals surface area contributed by atoms with Crippen molar-refractivity contribution in [3.63, 3.8) is 0 Å². The second kappa shape index (κ2) is 3.19. The summed E-state index contributed by atoms with van der Waals surface area (Å²) in [6, 6.07) is 6.21. The maximum Gasteiger partial charge on any atom is 0.0538 e. The molecule has 0 unspecified atom stereocenters. The van der Waals surface area contributed by atoms with Gasteiger partial charge in [-0.25, -0.2) is 0 Å². The molecule has 58 valence electrons. The van der Waals surface area contributed by atoms with Crippen LogP contribution in [0.15, 0.2) is 23.3 Å². The number of hydrogen-bond donors (Lipinski definition) is 1. The van der Waals surface area contributed by atoms with Crippen molar-refractivity contribution >= 4 is 6.21 Å². The van der Waals surface area contributed by atoms with Crippen LogP contribution in [0.25, 0.3) is 0 Å².